The van der Waals surface area contributed by atoms with Crippen LogP contribution in [0.1, 0.15) is 12.1 Å². The van der Waals surface area contributed by atoms with E-state index >= 15 is 0 Å². The quantitative estimate of drug-likeness (QED) is 0.732. The van der Waals surface area contributed by atoms with E-state index in [1.54, 1.807) is 6.20 Å². The number of aromatic nitrogens is 3. The fourth-order valence-electron chi connectivity index (χ4n) is 1.07. The molecule has 1 rings (SSSR count). The van der Waals surface area contributed by atoms with E-state index in [0.29, 0.717) is 18.0 Å². The van der Waals surface area contributed by atoms with Crippen molar-refractivity contribution in [2.75, 3.05) is 12.5 Å². The normalized spacial score (nSPS) is 12.0. The third-order valence-corrected chi connectivity index (χ3v) is 2.01. The van der Waals surface area contributed by atoms with Crippen LogP contribution < -0.4 is 0 Å². The number of ether oxygens (including phenoxy) is 1. The molecular formula is C8H11ClF3N3O. The Morgan fingerprint density at radius 1 is 1.44 bits per heavy atom. The largest absolute Gasteiger partial charge is 0.522 e. The van der Waals surface area contributed by atoms with E-state index in [4.69, 9.17) is 11.6 Å². The van der Waals surface area contributed by atoms with Gasteiger partial charge in [0.25, 0.3) is 0 Å². The molecule has 0 radical (unpaired) electrons. The summed E-state index contributed by atoms with van der Waals surface area (Å²) >= 11 is 5.49. The average molecular weight is 258 g/mol. The highest BCUT2D eigenvalue weighted by Gasteiger charge is 2.28. The second-order valence-corrected chi connectivity index (χ2v) is 3.44. The maximum absolute atomic E-state index is 11.6. The maximum atomic E-state index is 11.6. The van der Waals surface area contributed by atoms with Crippen molar-refractivity contribution in [3.05, 3.63) is 11.9 Å². The lowest BCUT2D eigenvalue weighted by molar-refractivity contribution is -0.325. The fourth-order valence-corrected chi connectivity index (χ4v) is 1.20. The van der Waals surface area contributed by atoms with Crippen LogP contribution in [0.5, 0.6) is 0 Å². The Labute approximate surface area is 95.3 Å². The molecule has 92 valence electrons. The monoisotopic (exact) mass is 257 g/mol. The number of halogens is 4. The summed E-state index contributed by atoms with van der Waals surface area (Å²) in [5.74, 6) is 0.518. The van der Waals surface area contributed by atoms with Crippen molar-refractivity contribution in [3.8, 4) is 0 Å². The standard InChI is InChI=1S/C8H11ClF3N3O/c9-3-1-2-7-6-15(14-13-7)4-5-16-8(10,11)12/h6H,1-5H2. The first-order valence-electron chi connectivity index (χ1n) is 4.67. The number of alkyl halides is 4. The Balaban J connectivity index is 2.29. The molecule has 0 saturated heterocycles. The van der Waals surface area contributed by atoms with E-state index in [2.05, 4.69) is 15.0 Å². The second kappa shape index (κ2) is 6.05. The Morgan fingerprint density at radius 2 is 2.19 bits per heavy atom. The summed E-state index contributed by atoms with van der Waals surface area (Å²) in [5, 5.41) is 7.45. The van der Waals surface area contributed by atoms with Gasteiger partial charge in [0.2, 0.25) is 0 Å². The molecule has 0 N–H and O–H groups in total. The van der Waals surface area contributed by atoms with Gasteiger partial charge in [-0.1, -0.05) is 5.21 Å². The zero-order valence-corrected chi connectivity index (χ0v) is 9.13. The Bertz CT molecular complexity index is 316. The minimum Gasteiger partial charge on any atom is -0.290 e. The summed E-state index contributed by atoms with van der Waals surface area (Å²) in [6.45, 7) is -0.449. The van der Waals surface area contributed by atoms with Gasteiger partial charge in [0.1, 0.15) is 0 Å². The molecule has 0 aromatic carbocycles. The van der Waals surface area contributed by atoms with Crippen molar-refractivity contribution in [1.82, 2.24) is 15.0 Å². The first-order valence-corrected chi connectivity index (χ1v) is 5.20. The van der Waals surface area contributed by atoms with E-state index in [-0.39, 0.29) is 6.54 Å². The van der Waals surface area contributed by atoms with Crippen LogP contribution in [0.15, 0.2) is 6.20 Å². The highest BCUT2D eigenvalue weighted by atomic mass is 35.5. The van der Waals surface area contributed by atoms with Crippen LogP contribution in [-0.4, -0.2) is 33.8 Å². The molecule has 0 atom stereocenters. The summed E-state index contributed by atoms with van der Waals surface area (Å²) in [5.41, 5.74) is 0.715. The summed E-state index contributed by atoms with van der Waals surface area (Å²) < 4.78 is 39.9. The molecule has 8 heteroatoms. The second-order valence-electron chi connectivity index (χ2n) is 3.06. The van der Waals surface area contributed by atoms with E-state index < -0.39 is 13.0 Å². The van der Waals surface area contributed by atoms with Crippen LogP contribution in [-0.2, 0) is 17.7 Å². The van der Waals surface area contributed by atoms with Gasteiger partial charge in [0, 0.05) is 12.1 Å². The summed E-state index contributed by atoms with van der Waals surface area (Å²) in [4.78, 5) is 0. The summed E-state index contributed by atoms with van der Waals surface area (Å²) in [7, 11) is 0. The Morgan fingerprint density at radius 3 is 2.81 bits per heavy atom. The minimum absolute atomic E-state index is 0.0212. The Hall–Kier alpha value is -0.820. The molecule has 16 heavy (non-hydrogen) atoms. The summed E-state index contributed by atoms with van der Waals surface area (Å²) in [6, 6.07) is 0. The molecular weight excluding hydrogens is 247 g/mol. The molecule has 0 aliphatic heterocycles. The smallest absolute Gasteiger partial charge is 0.290 e. The van der Waals surface area contributed by atoms with Gasteiger partial charge < -0.3 is 0 Å². The number of rotatable bonds is 6. The van der Waals surface area contributed by atoms with E-state index in [0.717, 1.165) is 6.42 Å². The number of nitrogens with zero attached hydrogens (tertiary/aromatic N) is 3. The van der Waals surface area contributed by atoms with Gasteiger partial charge in [-0.15, -0.1) is 29.9 Å². The van der Waals surface area contributed by atoms with Gasteiger partial charge in [-0.3, -0.25) is 4.74 Å². The van der Waals surface area contributed by atoms with Crippen LogP contribution >= 0.6 is 11.6 Å². The van der Waals surface area contributed by atoms with Crippen molar-refractivity contribution in [2.24, 2.45) is 0 Å². The molecule has 1 aromatic heterocycles. The molecule has 1 aromatic rings. The zero-order chi connectivity index (χ0) is 12.0. The number of aryl methyl sites for hydroxylation is 1. The lowest BCUT2D eigenvalue weighted by Gasteiger charge is -2.06. The molecule has 1 heterocycles. The Kier molecular flexibility index (Phi) is 5.01. The van der Waals surface area contributed by atoms with E-state index in [1.807, 2.05) is 0 Å². The molecule has 0 amide bonds. The highest BCUT2D eigenvalue weighted by molar-refractivity contribution is 6.17. The van der Waals surface area contributed by atoms with Crippen LogP contribution in [0.2, 0.25) is 0 Å². The fraction of sp³-hybridized carbons (Fsp3) is 0.750. The van der Waals surface area contributed by atoms with Gasteiger partial charge in [-0.2, -0.15) is 0 Å². The molecule has 4 nitrogen and oxygen atoms in total. The van der Waals surface area contributed by atoms with Gasteiger partial charge in [0.15, 0.2) is 0 Å². The molecule has 0 fully saturated rings. The molecule has 0 unspecified atom stereocenters. The van der Waals surface area contributed by atoms with Crippen LogP contribution in [0.25, 0.3) is 0 Å². The van der Waals surface area contributed by atoms with Crippen molar-refractivity contribution in [3.63, 3.8) is 0 Å². The van der Waals surface area contributed by atoms with Crippen LogP contribution in [0.4, 0.5) is 13.2 Å². The van der Waals surface area contributed by atoms with Crippen LogP contribution in [0.3, 0.4) is 0 Å². The van der Waals surface area contributed by atoms with Gasteiger partial charge in [-0.25, -0.2) is 4.68 Å². The van der Waals surface area contributed by atoms with Gasteiger partial charge in [0.05, 0.1) is 18.8 Å². The topological polar surface area (TPSA) is 39.9 Å². The third kappa shape index (κ3) is 5.32. The van der Waals surface area contributed by atoms with Crippen molar-refractivity contribution >= 4 is 11.6 Å². The number of hydrogen-bond acceptors (Lipinski definition) is 3. The molecule has 0 aliphatic carbocycles. The van der Waals surface area contributed by atoms with Crippen molar-refractivity contribution < 1.29 is 17.9 Å². The highest BCUT2D eigenvalue weighted by Crippen LogP contribution is 2.15. The van der Waals surface area contributed by atoms with E-state index in [1.165, 1.54) is 4.68 Å². The average Bonchev–Trinajstić information content (AvgIpc) is 2.61. The maximum Gasteiger partial charge on any atom is 0.522 e. The minimum atomic E-state index is -4.60. The molecule has 0 aliphatic rings. The number of hydrogen-bond donors (Lipinski definition) is 0. The first-order chi connectivity index (χ1) is 7.51. The van der Waals surface area contributed by atoms with Gasteiger partial charge >= 0.3 is 6.36 Å². The van der Waals surface area contributed by atoms with E-state index in [9.17, 15) is 13.2 Å². The first kappa shape index (κ1) is 13.2. The molecule has 0 saturated carbocycles. The van der Waals surface area contributed by atoms with Crippen LogP contribution in [0, 0.1) is 0 Å². The lowest BCUT2D eigenvalue weighted by Crippen LogP contribution is -2.17. The molecule has 0 bridgehead atoms. The predicted molar refractivity (Wildman–Crippen MR) is 51.1 cm³/mol. The van der Waals surface area contributed by atoms with Gasteiger partial charge in [-0.05, 0) is 12.8 Å². The zero-order valence-electron chi connectivity index (χ0n) is 8.37. The predicted octanol–water partition coefficient (Wildman–Crippen LogP) is 1.99. The van der Waals surface area contributed by atoms with Crippen molar-refractivity contribution in [1.29, 1.82) is 0 Å². The SMILES string of the molecule is FC(F)(F)OCCn1cc(CCCCl)nn1. The van der Waals surface area contributed by atoms with Crippen molar-refractivity contribution in [2.45, 2.75) is 25.7 Å². The third-order valence-electron chi connectivity index (χ3n) is 1.74. The summed E-state index contributed by atoms with van der Waals surface area (Å²) in [6.07, 6.45) is -1.57. The lowest BCUT2D eigenvalue weighted by atomic mass is 10.3. The molecule has 0 spiro atoms.